The van der Waals surface area contributed by atoms with Gasteiger partial charge in [0.05, 0.1) is 0 Å². The largest absolute Gasteiger partial charge is 0.285 e. The molecule has 1 saturated heterocycles. The molecule has 2 aromatic heterocycles. The van der Waals surface area contributed by atoms with Crippen LogP contribution < -0.4 is 0 Å². The molecule has 2 aromatic rings. The minimum absolute atomic E-state index is 0.718. The highest BCUT2D eigenvalue weighted by atomic mass is 79.9. The van der Waals surface area contributed by atoms with Crippen LogP contribution in [-0.4, -0.2) is 25.6 Å². The first-order valence-corrected chi connectivity index (χ1v) is 7.78. The molecule has 90 valence electrons. The van der Waals surface area contributed by atoms with Crippen LogP contribution in [0.2, 0.25) is 0 Å². The predicted octanol–water partition coefficient (Wildman–Crippen LogP) is 3.32. The fraction of sp³-hybridized carbons (Fsp3) is 0.500. The van der Waals surface area contributed by atoms with Gasteiger partial charge in [0, 0.05) is 22.3 Å². The summed E-state index contributed by atoms with van der Waals surface area (Å²) in [4.78, 5) is 0. The van der Waals surface area contributed by atoms with Gasteiger partial charge in [0.1, 0.15) is 5.82 Å². The standard InChI is InChI=1S/C12H14BrN3S/c13-9-4-5-11-14-15-12(16(11)8-9)7-10-3-1-2-6-17-10/h4-5,8,10H,1-3,6-7H2. The van der Waals surface area contributed by atoms with Crippen molar-refractivity contribution in [2.24, 2.45) is 0 Å². The van der Waals surface area contributed by atoms with Crippen molar-refractivity contribution >= 4 is 33.3 Å². The predicted molar refractivity (Wildman–Crippen MR) is 74.5 cm³/mol. The zero-order valence-corrected chi connectivity index (χ0v) is 11.9. The van der Waals surface area contributed by atoms with Gasteiger partial charge in [0.15, 0.2) is 5.65 Å². The highest BCUT2D eigenvalue weighted by Gasteiger charge is 2.17. The lowest BCUT2D eigenvalue weighted by atomic mass is 10.1. The minimum atomic E-state index is 0.718. The van der Waals surface area contributed by atoms with Crippen LogP contribution in [0.25, 0.3) is 5.65 Å². The van der Waals surface area contributed by atoms with Crippen LogP contribution in [0.1, 0.15) is 25.1 Å². The van der Waals surface area contributed by atoms with Gasteiger partial charge in [-0.1, -0.05) is 6.42 Å². The van der Waals surface area contributed by atoms with Crippen LogP contribution >= 0.6 is 27.7 Å². The van der Waals surface area contributed by atoms with Crippen molar-refractivity contribution in [3.8, 4) is 0 Å². The first-order valence-electron chi connectivity index (χ1n) is 5.94. The normalized spacial score (nSPS) is 20.9. The Labute approximate surface area is 113 Å². The van der Waals surface area contributed by atoms with Crippen molar-refractivity contribution in [2.45, 2.75) is 30.9 Å². The monoisotopic (exact) mass is 311 g/mol. The highest BCUT2D eigenvalue weighted by Crippen LogP contribution is 2.27. The van der Waals surface area contributed by atoms with E-state index in [1.54, 1.807) is 0 Å². The maximum absolute atomic E-state index is 4.31. The number of rotatable bonds is 2. The molecule has 0 N–H and O–H groups in total. The zero-order valence-electron chi connectivity index (χ0n) is 9.47. The molecule has 0 saturated carbocycles. The van der Waals surface area contributed by atoms with Gasteiger partial charge in [-0.15, -0.1) is 10.2 Å². The van der Waals surface area contributed by atoms with Crippen molar-refractivity contribution in [1.82, 2.24) is 14.6 Å². The van der Waals surface area contributed by atoms with Crippen molar-refractivity contribution in [3.63, 3.8) is 0 Å². The molecule has 3 heterocycles. The van der Waals surface area contributed by atoms with Crippen LogP contribution in [0.5, 0.6) is 0 Å². The van der Waals surface area contributed by atoms with E-state index in [9.17, 15) is 0 Å². The molecule has 0 spiro atoms. The van der Waals surface area contributed by atoms with Gasteiger partial charge >= 0.3 is 0 Å². The smallest absolute Gasteiger partial charge is 0.160 e. The fourth-order valence-corrected chi connectivity index (χ4v) is 3.86. The Morgan fingerprint density at radius 2 is 2.29 bits per heavy atom. The molecule has 0 aromatic carbocycles. The molecular weight excluding hydrogens is 298 g/mol. The Hall–Kier alpha value is -0.550. The lowest BCUT2D eigenvalue weighted by molar-refractivity contribution is 0.644. The van der Waals surface area contributed by atoms with Gasteiger partial charge < -0.3 is 0 Å². The molecule has 0 aliphatic carbocycles. The Bertz CT molecular complexity index is 519. The Morgan fingerprint density at radius 3 is 3.12 bits per heavy atom. The van der Waals surface area contributed by atoms with Crippen LogP contribution in [0.15, 0.2) is 22.8 Å². The third-order valence-electron chi connectivity index (χ3n) is 3.12. The van der Waals surface area contributed by atoms with Gasteiger partial charge in [0.25, 0.3) is 0 Å². The van der Waals surface area contributed by atoms with E-state index in [2.05, 4.69) is 48.5 Å². The van der Waals surface area contributed by atoms with Crippen molar-refractivity contribution in [2.75, 3.05) is 5.75 Å². The number of hydrogen-bond donors (Lipinski definition) is 0. The van der Waals surface area contributed by atoms with Crippen molar-refractivity contribution in [3.05, 3.63) is 28.6 Å². The maximum Gasteiger partial charge on any atom is 0.160 e. The van der Waals surface area contributed by atoms with E-state index in [0.29, 0.717) is 0 Å². The summed E-state index contributed by atoms with van der Waals surface area (Å²) in [6, 6.07) is 4.00. The molecule has 3 rings (SSSR count). The lowest BCUT2D eigenvalue weighted by Crippen LogP contribution is -2.14. The van der Waals surface area contributed by atoms with Gasteiger partial charge in [0.2, 0.25) is 0 Å². The fourth-order valence-electron chi connectivity index (χ4n) is 2.22. The summed E-state index contributed by atoms with van der Waals surface area (Å²) in [6.45, 7) is 0. The van der Waals surface area contributed by atoms with E-state index in [4.69, 9.17) is 0 Å². The SMILES string of the molecule is Brc1ccc2nnc(CC3CCCCS3)n2c1. The maximum atomic E-state index is 4.31. The number of nitrogens with zero attached hydrogens (tertiary/aromatic N) is 3. The minimum Gasteiger partial charge on any atom is -0.285 e. The summed E-state index contributed by atoms with van der Waals surface area (Å²) in [5, 5.41) is 9.24. The number of aromatic nitrogens is 3. The molecule has 1 fully saturated rings. The van der Waals surface area contributed by atoms with E-state index >= 15 is 0 Å². The molecule has 3 nitrogen and oxygen atoms in total. The Kier molecular flexibility index (Phi) is 3.38. The van der Waals surface area contributed by atoms with Crippen molar-refractivity contribution in [1.29, 1.82) is 0 Å². The number of hydrogen-bond acceptors (Lipinski definition) is 3. The van der Waals surface area contributed by atoms with Gasteiger partial charge in [-0.25, -0.2) is 0 Å². The average molecular weight is 312 g/mol. The summed E-state index contributed by atoms with van der Waals surface area (Å²) < 4.78 is 3.17. The summed E-state index contributed by atoms with van der Waals surface area (Å²) >= 11 is 5.58. The summed E-state index contributed by atoms with van der Waals surface area (Å²) in [5.41, 5.74) is 0.934. The van der Waals surface area contributed by atoms with E-state index in [0.717, 1.165) is 27.6 Å². The van der Waals surface area contributed by atoms with Crippen LogP contribution in [0.4, 0.5) is 0 Å². The number of fused-ring (bicyclic) bond motifs is 1. The molecule has 17 heavy (non-hydrogen) atoms. The second-order valence-corrected chi connectivity index (χ2v) is 6.71. The third-order valence-corrected chi connectivity index (χ3v) is 4.99. The second-order valence-electron chi connectivity index (χ2n) is 4.38. The topological polar surface area (TPSA) is 30.2 Å². The highest BCUT2D eigenvalue weighted by molar-refractivity contribution is 9.10. The quantitative estimate of drug-likeness (QED) is 0.852. The van der Waals surface area contributed by atoms with E-state index in [-0.39, 0.29) is 0 Å². The first-order chi connectivity index (χ1) is 8.33. The molecular formula is C12H14BrN3S. The van der Waals surface area contributed by atoms with Gasteiger partial charge in [-0.05, 0) is 46.7 Å². The third kappa shape index (κ3) is 2.50. The number of pyridine rings is 1. The van der Waals surface area contributed by atoms with Crippen LogP contribution in [0.3, 0.4) is 0 Å². The lowest BCUT2D eigenvalue weighted by Gasteiger charge is -2.20. The van der Waals surface area contributed by atoms with E-state index in [1.807, 2.05) is 12.1 Å². The van der Waals surface area contributed by atoms with Gasteiger partial charge in [-0.2, -0.15) is 11.8 Å². The summed E-state index contributed by atoms with van der Waals surface area (Å²) in [7, 11) is 0. The van der Waals surface area contributed by atoms with Crippen LogP contribution in [-0.2, 0) is 6.42 Å². The van der Waals surface area contributed by atoms with Crippen LogP contribution in [0, 0.1) is 0 Å². The number of thioether (sulfide) groups is 1. The first kappa shape index (κ1) is 11.5. The summed E-state index contributed by atoms with van der Waals surface area (Å²) in [5.74, 6) is 2.38. The molecule has 5 heteroatoms. The van der Waals surface area contributed by atoms with E-state index in [1.165, 1.54) is 25.0 Å². The molecule has 1 unspecified atom stereocenters. The second kappa shape index (κ2) is 4.98. The Morgan fingerprint density at radius 1 is 1.35 bits per heavy atom. The molecule has 0 bridgehead atoms. The molecule has 1 atom stereocenters. The molecule has 1 aliphatic rings. The molecule has 1 aliphatic heterocycles. The van der Waals surface area contributed by atoms with Crippen molar-refractivity contribution < 1.29 is 0 Å². The zero-order chi connectivity index (χ0) is 11.7. The number of halogens is 1. The van der Waals surface area contributed by atoms with Gasteiger partial charge in [-0.3, -0.25) is 4.40 Å². The molecule has 0 radical (unpaired) electrons. The average Bonchev–Trinajstić information content (AvgIpc) is 2.73. The molecule has 0 amide bonds. The Balaban J connectivity index is 1.86. The van der Waals surface area contributed by atoms with E-state index < -0.39 is 0 Å². The summed E-state index contributed by atoms with van der Waals surface area (Å²) in [6.07, 6.45) is 7.12.